The number of piperidine rings is 1. The Labute approximate surface area is 190 Å². The summed E-state index contributed by atoms with van der Waals surface area (Å²) in [6.45, 7) is 9.69. The van der Waals surface area contributed by atoms with Crippen molar-refractivity contribution in [2.45, 2.75) is 64.4 Å². The molecule has 9 nitrogen and oxygen atoms in total. The molecule has 2 atom stereocenters. The maximum absolute atomic E-state index is 11.9. The van der Waals surface area contributed by atoms with Crippen LogP contribution in [0.5, 0.6) is 0 Å². The zero-order chi connectivity index (χ0) is 24.6. The molecule has 2 N–H and O–H groups in total. The van der Waals surface area contributed by atoms with Gasteiger partial charge in [-0.3, -0.25) is 14.9 Å². The van der Waals surface area contributed by atoms with E-state index in [9.17, 15) is 18.0 Å². The van der Waals surface area contributed by atoms with Crippen LogP contribution in [0.4, 0.5) is 18.0 Å². The summed E-state index contributed by atoms with van der Waals surface area (Å²) in [5.41, 5.74) is 1.76. The lowest BCUT2D eigenvalue weighted by Crippen LogP contribution is -2.48. The number of amides is 1. The van der Waals surface area contributed by atoms with Crippen LogP contribution in [-0.2, 0) is 20.8 Å². The maximum atomic E-state index is 11.9. The van der Waals surface area contributed by atoms with E-state index in [1.54, 1.807) is 6.20 Å². The van der Waals surface area contributed by atoms with Gasteiger partial charge in [0.05, 0.1) is 36.2 Å². The van der Waals surface area contributed by atoms with E-state index in [0.717, 1.165) is 50.3 Å². The Morgan fingerprint density at radius 3 is 2.70 bits per heavy atom. The number of hydrogen-bond acceptors (Lipinski definition) is 7. The number of nitrogens with one attached hydrogen (secondary N) is 1. The van der Waals surface area contributed by atoms with Gasteiger partial charge in [0.1, 0.15) is 0 Å². The number of alkyl halides is 3. The molecule has 3 rings (SSSR count). The highest BCUT2D eigenvalue weighted by atomic mass is 19.4. The first-order chi connectivity index (χ1) is 15.4. The SMILES string of the molecule is Cc1cncc(CN2CCCC3(CC(NC(=O)OCC(C)C)CO3)C2)n1.O=C(O)C(F)(F)F. The van der Waals surface area contributed by atoms with Gasteiger partial charge in [-0.25, -0.2) is 9.59 Å². The lowest BCUT2D eigenvalue weighted by atomic mass is 9.88. The first-order valence-electron chi connectivity index (χ1n) is 10.8. The van der Waals surface area contributed by atoms with Crippen molar-refractivity contribution in [1.82, 2.24) is 20.2 Å². The van der Waals surface area contributed by atoms with Crippen molar-refractivity contribution in [2.24, 2.45) is 5.92 Å². The molecule has 2 saturated heterocycles. The Hall–Kier alpha value is -2.47. The topological polar surface area (TPSA) is 114 Å². The Bertz CT molecular complexity index is 808. The Morgan fingerprint density at radius 2 is 2.09 bits per heavy atom. The Balaban J connectivity index is 0.000000479. The van der Waals surface area contributed by atoms with Gasteiger partial charge >= 0.3 is 18.2 Å². The van der Waals surface area contributed by atoms with Crippen LogP contribution in [0.3, 0.4) is 0 Å². The fourth-order valence-corrected chi connectivity index (χ4v) is 3.82. The van der Waals surface area contributed by atoms with Crippen LogP contribution < -0.4 is 5.32 Å². The summed E-state index contributed by atoms with van der Waals surface area (Å²) in [6, 6.07) is 0.0216. The number of alkyl carbamates (subject to hydrolysis) is 1. The van der Waals surface area contributed by atoms with Crippen LogP contribution in [0, 0.1) is 12.8 Å². The van der Waals surface area contributed by atoms with E-state index in [2.05, 4.69) is 20.2 Å². The largest absolute Gasteiger partial charge is 0.490 e. The van der Waals surface area contributed by atoms with Crippen LogP contribution in [0.2, 0.25) is 0 Å². The molecule has 0 radical (unpaired) electrons. The van der Waals surface area contributed by atoms with Crippen LogP contribution >= 0.6 is 0 Å². The molecule has 1 aromatic rings. The molecule has 12 heteroatoms. The zero-order valence-corrected chi connectivity index (χ0v) is 19.0. The third kappa shape index (κ3) is 9.12. The lowest BCUT2D eigenvalue weighted by Gasteiger charge is -2.39. The van der Waals surface area contributed by atoms with Crippen molar-refractivity contribution in [1.29, 1.82) is 0 Å². The summed E-state index contributed by atoms with van der Waals surface area (Å²) in [5.74, 6) is -2.42. The van der Waals surface area contributed by atoms with E-state index in [-0.39, 0.29) is 17.7 Å². The van der Waals surface area contributed by atoms with Crippen molar-refractivity contribution in [3.63, 3.8) is 0 Å². The van der Waals surface area contributed by atoms with Crippen molar-refractivity contribution < 1.29 is 37.3 Å². The van der Waals surface area contributed by atoms with Crippen molar-refractivity contribution >= 4 is 12.1 Å². The van der Waals surface area contributed by atoms with E-state index in [1.165, 1.54) is 0 Å². The number of ether oxygens (including phenoxy) is 2. The highest BCUT2D eigenvalue weighted by Gasteiger charge is 2.44. The third-order valence-corrected chi connectivity index (χ3v) is 5.13. The van der Waals surface area contributed by atoms with Crippen molar-refractivity contribution in [3.05, 3.63) is 23.8 Å². The van der Waals surface area contributed by atoms with Gasteiger partial charge in [0.2, 0.25) is 0 Å². The van der Waals surface area contributed by atoms with E-state index >= 15 is 0 Å². The van der Waals surface area contributed by atoms with Crippen LogP contribution in [0.25, 0.3) is 0 Å². The van der Waals surface area contributed by atoms with Crippen LogP contribution in [0.15, 0.2) is 12.4 Å². The fraction of sp³-hybridized carbons (Fsp3) is 0.714. The van der Waals surface area contributed by atoms with Gasteiger partial charge < -0.3 is 19.9 Å². The van der Waals surface area contributed by atoms with Gasteiger partial charge in [0.15, 0.2) is 0 Å². The molecule has 2 aliphatic heterocycles. The molecule has 186 valence electrons. The van der Waals surface area contributed by atoms with Gasteiger partial charge in [0.25, 0.3) is 0 Å². The summed E-state index contributed by atoms with van der Waals surface area (Å²) in [5, 5.41) is 10.1. The van der Waals surface area contributed by atoms with E-state index in [0.29, 0.717) is 19.1 Å². The molecule has 2 aliphatic rings. The third-order valence-electron chi connectivity index (χ3n) is 5.13. The first kappa shape index (κ1) is 26.8. The molecular formula is C21H31F3N4O5. The predicted octanol–water partition coefficient (Wildman–Crippen LogP) is 2.92. The smallest absolute Gasteiger partial charge is 0.475 e. The molecule has 0 aliphatic carbocycles. The summed E-state index contributed by atoms with van der Waals surface area (Å²) < 4.78 is 43.1. The average Bonchev–Trinajstić information content (AvgIpc) is 3.07. The van der Waals surface area contributed by atoms with Gasteiger partial charge in [-0.15, -0.1) is 0 Å². The summed E-state index contributed by atoms with van der Waals surface area (Å²) >= 11 is 0. The Kier molecular flexibility index (Phi) is 9.41. The molecule has 2 unspecified atom stereocenters. The molecule has 0 bridgehead atoms. The highest BCUT2D eigenvalue weighted by molar-refractivity contribution is 5.73. The summed E-state index contributed by atoms with van der Waals surface area (Å²) in [4.78, 5) is 32.0. The number of carboxylic acid groups (broad SMARTS) is 1. The molecule has 3 heterocycles. The predicted molar refractivity (Wildman–Crippen MR) is 111 cm³/mol. The molecule has 0 aromatic carbocycles. The second kappa shape index (κ2) is 11.6. The number of halogens is 3. The summed E-state index contributed by atoms with van der Waals surface area (Å²) in [6.07, 6.45) is 1.13. The molecule has 33 heavy (non-hydrogen) atoms. The number of nitrogens with zero attached hydrogens (tertiary/aromatic N) is 3. The molecule has 1 spiro atoms. The second-order valence-electron chi connectivity index (χ2n) is 8.80. The quantitative estimate of drug-likeness (QED) is 0.667. The average molecular weight is 476 g/mol. The van der Waals surface area contributed by atoms with Crippen molar-refractivity contribution in [2.75, 3.05) is 26.3 Å². The molecule has 0 saturated carbocycles. The van der Waals surface area contributed by atoms with E-state index < -0.39 is 12.1 Å². The minimum Gasteiger partial charge on any atom is -0.475 e. The van der Waals surface area contributed by atoms with Crippen molar-refractivity contribution in [3.8, 4) is 0 Å². The number of carboxylic acids is 1. The number of carbonyl (C=O) groups excluding carboxylic acids is 1. The standard InChI is InChI=1S/C19H30N4O3.C2HF3O2/c1-14(2)11-25-18(24)22-16-7-19(26-12-16)5-4-6-23(13-19)10-17-9-20-8-15(3)21-17;3-2(4,5)1(6)7/h8-9,14,16H,4-7,10-13H2,1-3H3,(H,22,24);(H,6,7). The van der Waals surface area contributed by atoms with Gasteiger partial charge in [-0.1, -0.05) is 13.8 Å². The number of aryl methyl sites for hydroxylation is 1. The zero-order valence-electron chi connectivity index (χ0n) is 19.0. The monoisotopic (exact) mass is 476 g/mol. The summed E-state index contributed by atoms with van der Waals surface area (Å²) in [7, 11) is 0. The number of aliphatic carboxylic acids is 1. The Morgan fingerprint density at radius 1 is 1.39 bits per heavy atom. The molecule has 1 aromatic heterocycles. The molecule has 2 fully saturated rings. The highest BCUT2D eigenvalue weighted by Crippen LogP contribution is 2.35. The minimum atomic E-state index is -5.08. The number of aromatic nitrogens is 2. The fourth-order valence-electron chi connectivity index (χ4n) is 3.82. The number of likely N-dealkylation sites (tertiary alicyclic amines) is 1. The number of hydrogen-bond donors (Lipinski definition) is 2. The maximum Gasteiger partial charge on any atom is 0.490 e. The van der Waals surface area contributed by atoms with Crippen LogP contribution in [0.1, 0.15) is 44.5 Å². The van der Waals surface area contributed by atoms with Gasteiger partial charge in [0, 0.05) is 31.9 Å². The molecular weight excluding hydrogens is 445 g/mol. The molecule has 1 amide bonds. The van der Waals surface area contributed by atoms with E-state index in [1.807, 2.05) is 27.0 Å². The van der Waals surface area contributed by atoms with Gasteiger partial charge in [-0.05, 0) is 32.2 Å². The van der Waals surface area contributed by atoms with Gasteiger partial charge in [-0.2, -0.15) is 13.2 Å². The van der Waals surface area contributed by atoms with Crippen LogP contribution in [-0.4, -0.2) is 76.2 Å². The first-order valence-corrected chi connectivity index (χ1v) is 10.8. The number of rotatable bonds is 5. The number of carbonyl (C=O) groups is 2. The van der Waals surface area contributed by atoms with E-state index in [4.69, 9.17) is 19.4 Å². The lowest BCUT2D eigenvalue weighted by molar-refractivity contribution is -0.192. The normalized spacial score (nSPS) is 23.2. The second-order valence-corrected chi connectivity index (χ2v) is 8.80. The minimum absolute atomic E-state index is 0.0216.